The number of halogens is 1. The molecule has 0 unspecified atom stereocenters. The zero-order valence-corrected chi connectivity index (χ0v) is 16.6. The first kappa shape index (κ1) is 20.8. The third kappa shape index (κ3) is 7.15. The molecular formula is C15H28IN5O. The normalized spacial score (nSPS) is 11.6. The lowest BCUT2D eigenvalue weighted by atomic mass is 10.1. The topological polar surface area (TPSA) is 61.7 Å². The predicted molar refractivity (Wildman–Crippen MR) is 102 cm³/mol. The molecule has 0 saturated carbocycles. The lowest BCUT2D eigenvalue weighted by Gasteiger charge is -2.25. The molecule has 0 aliphatic heterocycles. The minimum Gasteiger partial charge on any atom is -0.353 e. The van der Waals surface area contributed by atoms with Gasteiger partial charge in [0.05, 0.1) is 13.1 Å². The number of guanidine groups is 1. The van der Waals surface area contributed by atoms with E-state index in [0.717, 1.165) is 5.69 Å². The maximum Gasteiger partial charge on any atom is 0.240 e. The van der Waals surface area contributed by atoms with Gasteiger partial charge < -0.3 is 20.1 Å². The van der Waals surface area contributed by atoms with Crippen LogP contribution in [0.1, 0.15) is 26.5 Å². The zero-order chi connectivity index (χ0) is 16.0. The summed E-state index contributed by atoms with van der Waals surface area (Å²) in [5.41, 5.74) is 0.932. The molecule has 0 radical (unpaired) electrons. The number of hydrogen-bond donors (Lipinski definition) is 2. The van der Waals surface area contributed by atoms with Crippen LogP contribution in [0.4, 0.5) is 0 Å². The summed E-state index contributed by atoms with van der Waals surface area (Å²) in [5.74, 6) is 0.673. The van der Waals surface area contributed by atoms with Crippen molar-refractivity contribution >= 4 is 35.8 Å². The van der Waals surface area contributed by atoms with E-state index in [9.17, 15) is 4.79 Å². The van der Waals surface area contributed by atoms with Gasteiger partial charge in [-0.25, -0.2) is 0 Å². The Morgan fingerprint density at radius 1 is 1.41 bits per heavy atom. The SMILES string of the molecule is CN=C(NCc1cccn1C)N(C)CC(=O)NC(C)(C)C.I. The average molecular weight is 421 g/mol. The molecule has 0 aromatic carbocycles. The van der Waals surface area contributed by atoms with Crippen molar-refractivity contribution < 1.29 is 4.79 Å². The number of rotatable bonds is 4. The highest BCUT2D eigenvalue weighted by Gasteiger charge is 2.16. The Morgan fingerprint density at radius 2 is 2.05 bits per heavy atom. The van der Waals surface area contributed by atoms with Gasteiger partial charge in [0.25, 0.3) is 0 Å². The molecule has 0 aliphatic carbocycles. The van der Waals surface area contributed by atoms with Crippen LogP contribution in [0.25, 0.3) is 0 Å². The molecule has 1 heterocycles. The Balaban J connectivity index is 0.00000441. The molecule has 0 saturated heterocycles. The van der Waals surface area contributed by atoms with Crippen LogP contribution in [0.15, 0.2) is 23.3 Å². The predicted octanol–water partition coefficient (Wildman–Crippen LogP) is 1.56. The molecule has 0 bridgehead atoms. The van der Waals surface area contributed by atoms with Crippen LogP contribution in [0, 0.1) is 0 Å². The van der Waals surface area contributed by atoms with Gasteiger partial charge in [0.2, 0.25) is 5.91 Å². The van der Waals surface area contributed by atoms with Crippen LogP contribution in [0.2, 0.25) is 0 Å². The molecule has 126 valence electrons. The molecule has 1 aromatic heterocycles. The van der Waals surface area contributed by atoms with E-state index >= 15 is 0 Å². The Labute approximate surface area is 150 Å². The Morgan fingerprint density at radius 3 is 2.50 bits per heavy atom. The van der Waals surface area contributed by atoms with Gasteiger partial charge >= 0.3 is 0 Å². The molecule has 0 fully saturated rings. The van der Waals surface area contributed by atoms with Gasteiger partial charge in [0.15, 0.2) is 5.96 Å². The number of carbonyl (C=O) groups is 1. The fourth-order valence-electron chi connectivity index (χ4n) is 1.98. The molecule has 2 N–H and O–H groups in total. The highest BCUT2D eigenvalue weighted by atomic mass is 127. The van der Waals surface area contributed by atoms with Gasteiger partial charge in [-0.2, -0.15) is 0 Å². The summed E-state index contributed by atoms with van der Waals surface area (Å²) in [6, 6.07) is 4.05. The van der Waals surface area contributed by atoms with Crippen molar-refractivity contribution in [3.63, 3.8) is 0 Å². The van der Waals surface area contributed by atoms with Crippen molar-refractivity contribution in [2.75, 3.05) is 20.6 Å². The van der Waals surface area contributed by atoms with E-state index in [1.54, 1.807) is 7.05 Å². The highest BCUT2D eigenvalue weighted by Crippen LogP contribution is 2.00. The molecule has 1 amide bonds. The molecule has 0 aliphatic rings. The van der Waals surface area contributed by atoms with E-state index in [4.69, 9.17) is 0 Å². The van der Waals surface area contributed by atoms with Crippen molar-refractivity contribution in [1.29, 1.82) is 0 Å². The Hall–Kier alpha value is -1.25. The van der Waals surface area contributed by atoms with Crippen LogP contribution in [-0.4, -0.2) is 47.5 Å². The summed E-state index contributed by atoms with van der Waals surface area (Å²) in [5, 5.41) is 6.20. The van der Waals surface area contributed by atoms with Crippen LogP contribution >= 0.6 is 24.0 Å². The minimum atomic E-state index is -0.224. The monoisotopic (exact) mass is 421 g/mol. The number of aryl methyl sites for hydroxylation is 1. The van der Waals surface area contributed by atoms with Gasteiger partial charge in [0.1, 0.15) is 0 Å². The standard InChI is InChI=1S/C15H27N5O.HI/c1-15(2,3)18-13(21)11-20(6)14(16-4)17-10-12-8-7-9-19(12)5;/h7-9H,10-11H2,1-6H3,(H,16,17)(H,18,21);1H. The second-order valence-corrected chi connectivity index (χ2v) is 6.17. The fourth-order valence-corrected chi connectivity index (χ4v) is 1.98. The van der Waals surface area contributed by atoms with Gasteiger partial charge in [-0.1, -0.05) is 0 Å². The summed E-state index contributed by atoms with van der Waals surface area (Å²) in [4.78, 5) is 18.0. The van der Waals surface area contributed by atoms with Gasteiger partial charge in [-0.3, -0.25) is 9.79 Å². The lowest BCUT2D eigenvalue weighted by Crippen LogP contribution is -2.48. The first-order valence-electron chi connectivity index (χ1n) is 7.06. The highest BCUT2D eigenvalue weighted by molar-refractivity contribution is 14.0. The summed E-state index contributed by atoms with van der Waals surface area (Å²) in [7, 11) is 5.56. The van der Waals surface area contributed by atoms with Crippen LogP contribution < -0.4 is 10.6 Å². The summed E-state index contributed by atoms with van der Waals surface area (Å²) in [6.07, 6.45) is 2.00. The van der Waals surface area contributed by atoms with Gasteiger partial charge in [0, 0.05) is 38.6 Å². The minimum absolute atomic E-state index is 0. The molecule has 22 heavy (non-hydrogen) atoms. The lowest BCUT2D eigenvalue weighted by molar-refractivity contribution is -0.122. The second kappa shape index (κ2) is 9.02. The number of nitrogens with zero attached hydrogens (tertiary/aromatic N) is 3. The van der Waals surface area contributed by atoms with E-state index in [-0.39, 0.29) is 42.0 Å². The van der Waals surface area contributed by atoms with E-state index in [2.05, 4.69) is 15.6 Å². The van der Waals surface area contributed by atoms with Crippen molar-refractivity contribution in [2.24, 2.45) is 12.0 Å². The van der Waals surface area contributed by atoms with Crippen molar-refractivity contribution in [2.45, 2.75) is 32.9 Å². The summed E-state index contributed by atoms with van der Waals surface area (Å²) in [6.45, 7) is 6.83. The number of likely N-dealkylation sites (N-methyl/N-ethyl adjacent to an activating group) is 1. The fraction of sp³-hybridized carbons (Fsp3) is 0.600. The zero-order valence-electron chi connectivity index (χ0n) is 14.3. The molecule has 0 atom stereocenters. The Bertz CT molecular complexity index is 504. The number of aliphatic imine (C=N–C) groups is 1. The van der Waals surface area contributed by atoms with E-state index in [0.29, 0.717) is 12.5 Å². The molecule has 0 spiro atoms. The first-order valence-corrected chi connectivity index (χ1v) is 7.06. The maximum atomic E-state index is 11.9. The van der Waals surface area contributed by atoms with Gasteiger partial charge in [-0.05, 0) is 32.9 Å². The van der Waals surface area contributed by atoms with Crippen molar-refractivity contribution in [3.8, 4) is 0 Å². The third-order valence-electron chi connectivity index (χ3n) is 2.95. The molecule has 1 aromatic rings. The summed E-state index contributed by atoms with van der Waals surface area (Å²) >= 11 is 0. The smallest absolute Gasteiger partial charge is 0.240 e. The number of carbonyl (C=O) groups excluding carboxylic acids is 1. The molecule has 6 nitrogen and oxygen atoms in total. The van der Waals surface area contributed by atoms with E-state index in [1.165, 1.54) is 0 Å². The molecular weight excluding hydrogens is 393 g/mol. The van der Waals surface area contributed by atoms with E-state index in [1.807, 2.05) is 62.7 Å². The largest absolute Gasteiger partial charge is 0.353 e. The molecule has 7 heteroatoms. The van der Waals surface area contributed by atoms with Gasteiger partial charge in [-0.15, -0.1) is 24.0 Å². The Kier molecular flexibility index (Phi) is 8.50. The molecule has 1 rings (SSSR count). The van der Waals surface area contributed by atoms with Crippen LogP contribution in [-0.2, 0) is 18.4 Å². The van der Waals surface area contributed by atoms with Crippen LogP contribution in [0.3, 0.4) is 0 Å². The summed E-state index contributed by atoms with van der Waals surface area (Å²) < 4.78 is 2.05. The number of nitrogens with one attached hydrogen (secondary N) is 2. The van der Waals surface area contributed by atoms with Crippen molar-refractivity contribution in [1.82, 2.24) is 20.1 Å². The first-order chi connectivity index (χ1) is 9.73. The maximum absolute atomic E-state index is 11.9. The number of aromatic nitrogens is 1. The second-order valence-electron chi connectivity index (χ2n) is 6.17. The third-order valence-corrected chi connectivity index (χ3v) is 2.95. The number of hydrogen-bond acceptors (Lipinski definition) is 2. The average Bonchev–Trinajstić information content (AvgIpc) is 2.73. The van der Waals surface area contributed by atoms with Crippen molar-refractivity contribution in [3.05, 3.63) is 24.0 Å². The van der Waals surface area contributed by atoms with Crippen LogP contribution in [0.5, 0.6) is 0 Å². The van der Waals surface area contributed by atoms with E-state index < -0.39 is 0 Å². The number of amides is 1. The quantitative estimate of drug-likeness (QED) is 0.441.